The third-order valence-corrected chi connectivity index (χ3v) is 4.96. The van der Waals surface area contributed by atoms with E-state index in [-0.39, 0.29) is 11.0 Å². The fourth-order valence-corrected chi connectivity index (χ4v) is 3.65. The molecule has 1 heterocycles. The molecule has 0 aromatic heterocycles. The molecule has 2 aromatic rings. The third-order valence-electron chi connectivity index (χ3n) is 4.45. The van der Waals surface area contributed by atoms with Crippen molar-refractivity contribution >= 4 is 46.2 Å². The minimum atomic E-state index is -0.340. The average molecular weight is 420 g/mol. The number of nitrogens with one attached hydrogen (secondary N) is 2. The standard InChI is InChI=1S/C20H22ClN3O3S/c1-13-5-3-6-14(18(13)26-2)19(25)23-20(28)22-16-8-4-7-15(21)17(16)24-9-11-27-12-10-24/h3-8H,9-12H2,1-2H3,(H2,22,23,25,28). The van der Waals surface area contributed by atoms with E-state index in [1.54, 1.807) is 12.1 Å². The predicted molar refractivity (Wildman–Crippen MR) is 116 cm³/mol. The summed E-state index contributed by atoms with van der Waals surface area (Å²) in [5, 5.41) is 6.60. The largest absolute Gasteiger partial charge is 0.496 e. The number of morpholine rings is 1. The van der Waals surface area contributed by atoms with E-state index in [1.807, 2.05) is 31.2 Å². The van der Waals surface area contributed by atoms with Crippen LogP contribution in [-0.2, 0) is 4.74 Å². The number of hydrogen-bond donors (Lipinski definition) is 2. The van der Waals surface area contributed by atoms with Crippen LogP contribution in [0.2, 0.25) is 5.02 Å². The van der Waals surface area contributed by atoms with Crippen molar-refractivity contribution in [1.29, 1.82) is 0 Å². The summed E-state index contributed by atoms with van der Waals surface area (Å²) in [5.41, 5.74) is 2.87. The van der Waals surface area contributed by atoms with Crippen LogP contribution in [0.1, 0.15) is 15.9 Å². The highest BCUT2D eigenvalue weighted by molar-refractivity contribution is 7.80. The molecule has 148 valence electrons. The maximum atomic E-state index is 12.7. The van der Waals surface area contributed by atoms with Gasteiger partial charge in [0.2, 0.25) is 0 Å². The Morgan fingerprint density at radius 1 is 1.21 bits per heavy atom. The van der Waals surface area contributed by atoms with E-state index >= 15 is 0 Å². The molecule has 0 bridgehead atoms. The number of nitrogens with zero attached hydrogens (tertiary/aromatic N) is 1. The molecular weight excluding hydrogens is 398 g/mol. The molecule has 6 nitrogen and oxygen atoms in total. The number of carbonyl (C=O) groups is 1. The number of rotatable bonds is 4. The second-order valence-corrected chi connectivity index (χ2v) is 7.11. The molecule has 28 heavy (non-hydrogen) atoms. The summed E-state index contributed by atoms with van der Waals surface area (Å²) in [7, 11) is 1.54. The number of hydrogen-bond acceptors (Lipinski definition) is 5. The first kappa shape index (κ1) is 20.4. The van der Waals surface area contributed by atoms with E-state index in [0.29, 0.717) is 29.5 Å². The van der Waals surface area contributed by atoms with E-state index in [9.17, 15) is 4.79 Å². The Bertz CT molecular complexity index is 885. The summed E-state index contributed by atoms with van der Waals surface area (Å²) in [6, 6.07) is 10.9. The number of anilines is 2. The number of methoxy groups -OCH3 is 1. The molecule has 2 N–H and O–H groups in total. The fourth-order valence-electron chi connectivity index (χ4n) is 3.15. The molecule has 1 aliphatic heterocycles. The summed E-state index contributed by atoms with van der Waals surface area (Å²) in [6.07, 6.45) is 0. The topological polar surface area (TPSA) is 62.8 Å². The van der Waals surface area contributed by atoms with Crippen LogP contribution in [0.25, 0.3) is 0 Å². The number of aryl methyl sites for hydroxylation is 1. The third kappa shape index (κ3) is 4.55. The Morgan fingerprint density at radius 3 is 2.64 bits per heavy atom. The Balaban J connectivity index is 1.76. The highest BCUT2D eigenvalue weighted by Crippen LogP contribution is 2.34. The Morgan fingerprint density at radius 2 is 1.93 bits per heavy atom. The van der Waals surface area contributed by atoms with Crippen LogP contribution in [0.15, 0.2) is 36.4 Å². The van der Waals surface area contributed by atoms with E-state index < -0.39 is 0 Å². The van der Waals surface area contributed by atoms with Crippen molar-refractivity contribution < 1.29 is 14.3 Å². The van der Waals surface area contributed by atoms with Gasteiger partial charge in [-0.25, -0.2) is 0 Å². The lowest BCUT2D eigenvalue weighted by molar-refractivity contribution is 0.0974. The second-order valence-electron chi connectivity index (χ2n) is 6.30. The van der Waals surface area contributed by atoms with Crippen molar-refractivity contribution in [3.8, 4) is 5.75 Å². The molecule has 0 saturated carbocycles. The maximum Gasteiger partial charge on any atom is 0.261 e. The summed E-state index contributed by atoms with van der Waals surface area (Å²) in [4.78, 5) is 14.8. The zero-order chi connectivity index (χ0) is 20.1. The number of halogens is 1. The summed E-state index contributed by atoms with van der Waals surface area (Å²) in [6.45, 7) is 4.63. The molecule has 0 radical (unpaired) electrons. The zero-order valence-corrected chi connectivity index (χ0v) is 17.3. The number of thiocarbonyl (C=S) groups is 1. The van der Waals surface area contributed by atoms with Crippen molar-refractivity contribution in [2.24, 2.45) is 0 Å². The van der Waals surface area contributed by atoms with Gasteiger partial charge in [0.05, 0.1) is 42.3 Å². The van der Waals surface area contributed by atoms with Crippen LogP contribution in [0.4, 0.5) is 11.4 Å². The minimum Gasteiger partial charge on any atom is -0.496 e. The van der Waals surface area contributed by atoms with Crippen LogP contribution in [-0.4, -0.2) is 44.4 Å². The Labute approximate surface area is 174 Å². The molecule has 1 aliphatic rings. The van der Waals surface area contributed by atoms with Gasteiger partial charge in [0.15, 0.2) is 5.11 Å². The van der Waals surface area contributed by atoms with Crippen LogP contribution in [0.3, 0.4) is 0 Å². The number of para-hydroxylation sites is 2. The van der Waals surface area contributed by atoms with Crippen molar-refractivity contribution in [3.63, 3.8) is 0 Å². The van der Waals surface area contributed by atoms with Gasteiger partial charge >= 0.3 is 0 Å². The molecule has 0 aliphatic carbocycles. The van der Waals surface area contributed by atoms with Crippen molar-refractivity contribution in [2.75, 3.05) is 43.6 Å². The van der Waals surface area contributed by atoms with Gasteiger partial charge in [0.25, 0.3) is 5.91 Å². The van der Waals surface area contributed by atoms with Gasteiger partial charge in [-0.2, -0.15) is 0 Å². The first-order valence-corrected chi connectivity index (χ1v) is 9.67. The second kappa shape index (κ2) is 9.23. The Kier molecular flexibility index (Phi) is 6.72. The monoisotopic (exact) mass is 419 g/mol. The van der Waals surface area contributed by atoms with E-state index in [2.05, 4.69) is 15.5 Å². The van der Waals surface area contributed by atoms with Gasteiger partial charge in [-0.15, -0.1) is 0 Å². The van der Waals surface area contributed by atoms with Crippen LogP contribution in [0.5, 0.6) is 5.75 Å². The van der Waals surface area contributed by atoms with E-state index in [1.165, 1.54) is 7.11 Å². The lowest BCUT2D eigenvalue weighted by Crippen LogP contribution is -2.38. The average Bonchev–Trinajstić information content (AvgIpc) is 2.68. The van der Waals surface area contributed by atoms with Crippen molar-refractivity contribution in [3.05, 3.63) is 52.5 Å². The molecule has 2 aromatic carbocycles. The maximum absolute atomic E-state index is 12.7. The Hall–Kier alpha value is -2.35. The predicted octanol–water partition coefficient (Wildman–Crippen LogP) is 3.62. The highest BCUT2D eigenvalue weighted by Gasteiger charge is 2.20. The zero-order valence-electron chi connectivity index (χ0n) is 15.8. The first-order valence-electron chi connectivity index (χ1n) is 8.88. The van der Waals surface area contributed by atoms with Gasteiger partial charge in [-0.05, 0) is 42.9 Å². The van der Waals surface area contributed by atoms with Crippen LogP contribution >= 0.6 is 23.8 Å². The molecule has 0 unspecified atom stereocenters. The van der Waals surface area contributed by atoms with Gasteiger partial charge in [0.1, 0.15) is 5.75 Å². The normalized spacial score (nSPS) is 13.8. The lowest BCUT2D eigenvalue weighted by atomic mass is 10.1. The minimum absolute atomic E-state index is 0.185. The molecule has 1 fully saturated rings. The highest BCUT2D eigenvalue weighted by atomic mass is 35.5. The summed E-state index contributed by atoms with van der Waals surface area (Å²) < 4.78 is 10.8. The van der Waals surface area contributed by atoms with E-state index in [0.717, 1.165) is 30.0 Å². The van der Waals surface area contributed by atoms with Crippen molar-refractivity contribution in [2.45, 2.75) is 6.92 Å². The molecule has 3 rings (SSSR count). The molecule has 1 saturated heterocycles. The molecule has 0 spiro atoms. The van der Waals surface area contributed by atoms with Crippen LogP contribution < -0.4 is 20.3 Å². The van der Waals surface area contributed by atoms with Gasteiger partial charge in [-0.3, -0.25) is 10.1 Å². The lowest BCUT2D eigenvalue weighted by Gasteiger charge is -2.31. The molecule has 8 heteroatoms. The van der Waals surface area contributed by atoms with E-state index in [4.69, 9.17) is 33.3 Å². The van der Waals surface area contributed by atoms with Crippen LogP contribution in [0, 0.1) is 6.92 Å². The smallest absolute Gasteiger partial charge is 0.261 e. The quantitative estimate of drug-likeness (QED) is 0.738. The molecular formula is C20H22ClN3O3S. The number of amides is 1. The van der Waals surface area contributed by atoms with Gasteiger partial charge in [0, 0.05) is 13.1 Å². The van der Waals surface area contributed by atoms with Gasteiger partial charge in [-0.1, -0.05) is 29.8 Å². The molecule has 1 amide bonds. The van der Waals surface area contributed by atoms with Crippen molar-refractivity contribution in [1.82, 2.24) is 5.32 Å². The fraction of sp³-hybridized carbons (Fsp3) is 0.300. The summed E-state index contributed by atoms with van der Waals surface area (Å²) in [5.74, 6) is 0.188. The van der Waals surface area contributed by atoms with Gasteiger partial charge < -0.3 is 19.7 Å². The summed E-state index contributed by atoms with van der Waals surface area (Å²) >= 11 is 11.8. The number of ether oxygens (including phenoxy) is 2. The molecule has 0 atom stereocenters. The number of carbonyl (C=O) groups excluding carboxylic acids is 1. The number of benzene rings is 2. The SMILES string of the molecule is COc1c(C)cccc1C(=O)NC(=S)Nc1cccc(Cl)c1N1CCOCC1. The first-order chi connectivity index (χ1) is 13.5.